The number of nitrogens with one attached hydrogen (secondary N) is 2. The molecule has 4 aromatic rings. The Morgan fingerprint density at radius 3 is 2.50 bits per heavy atom. The van der Waals surface area contributed by atoms with E-state index < -0.39 is 5.97 Å². The van der Waals surface area contributed by atoms with Crippen LogP contribution in [0.3, 0.4) is 0 Å². The van der Waals surface area contributed by atoms with Crippen LogP contribution in [0, 0.1) is 0 Å². The lowest BCUT2D eigenvalue weighted by Crippen LogP contribution is -2.17. The molecule has 8 nitrogen and oxygen atoms in total. The fraction of sp³-hybridized carbons (Fsp3) is 0.286. The van der Waals surface area contributed by atoms with E-state index in [-0.39, 0.29) is 5.70 Å². The number of nitrogens with two attached hydrogens (primary N) is 1. The number of carbonyl (C=O) groups is 1. The third kappa shape index (κ3) is 6.56. The molecular formula is C28H31N5O3S2. The molecule has 5 rings (SSSR count). The minimum Gasteiger partial charge on any atom is -0.494 e. The number of carbonyl (C=O) groups excluding carboxylic acids is 1. The van der Waals surface area contributed by atoms with Gasteiger partial charge < -0.3 is 20.1 Å². The van der Waals surface area contributed by atoms with Gasteiger partial charge in [-0.2, -0.15) is 0 Å². The summed E-state index contributed by atoms with van der Waals surface area (Å²) in [6.45, 7) is 5.04. The number of nitrogens with zero attached hydrogens (tertiary/aromatic N) is 2. The Morgan fingerprint density at radius 1 is 1.05 bits per heavy atom. The maximum atomic E-state index is 12.5. The predicted octanol–water partition coefficient (Wildman–Crippen LogP) is 6.48. The third-order valence-electron chi connectivity index (χ3n) is 6.10. The molecule has 3 heterocycles. The van der Waals surface area contributed by atoms with E-state index in [4.69, 9.17) is 15.2 Å². The normalized spacial score (nSPS) is 13.6. The topological polar surface area (TPSA) is 102 Å². The van der Waals surface area contributed by atoms with Crippen molar-refractivity contribution in [1.82, 2.24) is 4.98 Å². The molecule has 0 spiro atoms. The summed E-state index contributed by atoms with van der Waals surface area (Å²) in [6, 6.07) is 17.3. The standard InChI is InChI=1S/C28H31N5O3S2/c1-2-3-16-35-21-10-12-22(13-11-21)36-27(34)24(29)17-23-18-25-26(37-23)30-28(38-25)32-31-19-6-8-20(9-7-19)33-14-4-5-15-33/h6-13,17-18,31H,2-5,14-16,29H2,1H3,(H,30,32)/b24-17-. The van der Waals surface area contributed by atoms with Crippen molar-refractivity contribution in [2.45, 2.75) is 32.6 Å². The van der Waals surface area contributed by atoms with Crippen LogP contribution in [0.2, 0.25) is 0 Å². The highest BCUT2D eigenvalue weighted by molar-refractivity contribution is 7.29. The maximum Gasteiger partial charge on any atom is 0.359 e. The zero-order valence-electron chi connectivity index (χ0n) is 21.2. The highest BCUT2D eigenvalue weighted by atomic mass is 32.1. The molecule has 0 bridgehead atoms. The number of thiazole rings is 1. The van der Waals surface area contributed by atoms with Crippen LogP contribution in [-0.4, -0.2) is 30.6 Å². The van der Waals surface area contributed by atoms with Gasteiger partial charge in [0.15, 0.2) is 0 Å². The Labute approximate surface area is 230 Å². The molecule has 1 aliphatic heterocycles. The lowest BCUT2D eigenvalue weighted by atomic mass is 10.2. The second-order valence-corrected chi connectivity index (χ2v) is 11.1. The van der Waals surface area contributed by atoms with Crippen molar-refractivity contribution < 1.29 is 14.3 Å². The SMILES string of the molecule is CCCCOc1ccc(OC(=O)/C(N)=C/c2cc3sc(NNc4ccc(N5CCCC5)cc4)nc3s2)cc1. The third-order valence-corrected chi connectivity index (χ3v) is 8.12. The van der Waals surface area contributed by atoms with Gasteiger partial charge in [-0.3, -0.25) is 10.9 Å². The average molecular weight is 550 g/mol. The second-order valence-electron chi connectivity index (χ2n) is 8.99. The average Bonchev–Trinajstić information content (AvgIpc) is 3.66. The van der Waals surface area contributed by atoms with Crippen LogP contribution in [0.5, 0.6) is 11.5 Å². The number of fused-ring (bicyclic) bond motifs is 1. The van der Waals surface area contributed by atoms with Crippen LogP contribution in [0.25, 0.3) is 15.6 Å². The van der Waals surface area contributed by atoms with E-state index in [0.717, 1.165) is 56.9 Å². The molecule has 198 valence electrons. The first-order chi connectivity index (χ1) is 18.6. The number of hydrazine groups is 1. The molecule has 1 fully saturated rings. The maximum absolute atomic E-state index is 12.5. The van der Waals surface area contributed by atoms with Crippen molar-refractivity contribution in [3.8, 4) is 11.5 Å². The van der Waals surface area contributed by atoms with Crippen LogP contribution >= 0.6 is 22.7 Å². The van der Waals surface area contributed by atoms with Crippen molar-refractivity contribution in [3.63, 3.8) is 0 Å². The first-order valence-corrected chi connectivity index (χ1v) is 14.4. The Hall–Kier alpha value is -3.76. The molecule has 2 aromatic heterocycles. The van der Waals surface area contributed by atoms with Crippen molar-refractivity contribution in [2.24, 2.45) is 5.73 Å². The zero-order chi connectivity index (χ0) is 26.3. The number of anilines is 3. The van der Waals surface area contributed by atoms with Gasteiger partial charge in [0.1, 0.15) is 22.0 Å². The van der Waals surface area contributed by atoms with Gasteiger partial charge in [-0.25, -0.2) is 9.78 Å². The molecule has 2 aromatic carbocycles. The molecule has 0 atom stereocenters. The lowest BCUT2D eigenvalue weighted by Gasteiger charge is -2.18. The monoisotopic (exact) mass is 549 g/mol. The highest BCUT2D eigenvalue weighted by Gasteiger charge is 2.13. The van der Waals surface area contributed by atoms with E-state index in [2.05, 4.69) is 51.9 Å². The molecular weight excluding hydrogens is 518 g/mol. The predicted molar refractivity (Wildman–Crippen MR) is 157 cm³/mol. The minimum absolute atomic E-state index is 0.0274. The van der Waals surface area contributed by atoms with Crippen molar-refractivity contribution >= 4 is 60.8 Å². The van der Waals surface area contributed by atoms with Gasteiger partial charge in [0.05, 0.1) is 17.0 Å². The first kappa shape index (κ1) is 25.9. The number of hydrogen-bond donors (Lipinski definition) is 3. The molecule has 1 aliphatic rings. The number of unbranched alkanes of at least 4 members (excludes halogenated alkanes) is 1. The van der Waals surface area contributed by atoms with E-state index in [1.165, 1.54) is 41.2 Å². The fourth-order valence-corrected chi connectivity index (χ4v) is 6.08. The summed E-state index contributed by atoms with van der Waals surface area (Å²) in [6.07, 6.45) is 6.22. The molecule has 0 radical (unpaired) electrons. The highest BCUT2D eigenvalue weighted by Crippen LogP contribution is 2.34. The van der Waals surface area contributed by atoms with Crippen LogP contribution < -0.4 is 31.0 Å². The number of thiophene rings is 1. The molecule has 0 aliphatic carbocycles. The lowest BCUT2D eigenvalue weighted by molar-refractivity contribution is -0.130. The van der Waals surface area contributed by atoms with Crippen LogP contribution in [-0.2, 0) is 4.79 Å². The summed E-state index contributed by atoms with van der Waals surface area (Å²) in [5.41, 5.74) is 14.7. The summed E-state index contributed by atoms with van der Waals surface area (Å²) in [7, 11) is 0. The summed E-state index contributed by atoms with van der Waals surface area (Å²) >= 11 is 2.99. The van der Waals surface area contributed by atoms with E-state index in [1.807, 2.05) is 6.07 Å². The number of hydrogen-bond acceptors (Lipinski definition) is 10. The molecule has 10 heteroatoms. The molecule has 0 unspecified atom stereocenters. The number of ether oxygens (including phenoxy) is 2. The number of rotatable bonds is 11. The van der Waals surface area contributed by atoms with E-state index in [1.54, 1.807) is 30.3 Å². The van der Waals surface area contributed by atoms with Gasteiger partial charge in [-0.15, -0.1) is 11.3 Å². The second kappa shape index (κ2) is 12.2. The number of aromatic nitrogens is 1. The Kier molecular flexibility index (Phi) is 8.30. The largest absolute Gasteiger partial charge is 0.494 e. The van der Waals surface area contributed by atoms with Crippen LogP contribution in [0.4, 0.5) is 16.5 Å². The van der Waals surface area contributed by atoms with E-state index in [0.29, 0.717) is 12.4 Å². The Balaban J connectivity index is 1.14. The molecule has 0 amide bonds. The Bertz CT molecular complexity index is 1360. The summed E-state index contributed by atoms with van der Waals surface area (Å²) in [4.78, 5) is 21.2. The first-order valence-electron chi connectivity index (χ1n) is 12.8. The van der Waals surface area contributed by atoms with Gasteiger partial charge in [-0.1, -0.05) is 24.7 Å². The van der Waals surface area contributed by atoms with Crippen molar-refractivity contribution in [1.29, 1.82) is 0 Å². The molecule has 1 saturated heterocycles. The van der Waals surface area contributed by atoms with Gasteiger partial charge >= 0.3 is 5.97 Å². The van der Waals surface area contributed by atoms with Gasteiger partial charge in [0.2, 0.25) is 5.13 Å². The van der Waals surface area contributed by atoms with Crippen molar-refractivity contribution in [3.05, 3.63) is 65.2 Å². The molecule has 38 heavy (non-hydrogen) atoms. The van der Waals surface area contributed by atoms with Crippen LogP contribution in [0.1, 0.15) is 37.5 Å². The van der Waals surface area contributed by atoms with Gasteiger partial charge in [-0.05, 0) is 79.9 Å². The van der Waals surface area contributed by atoms with Gasteiger partial charge in [0, 0.05) is 23.7 Å². The number of esters is 1. The quantitative estimate of drug-likeness (QED) is 0.0642. The van der Waals surface area contributed by atoms with E-state index >= 15 is 0 Å². The van der Waals surface area contributed by atoms with Crippen molar-refractivity contribution in [2.75, 3.05) is 35.4 Å². The minimum atomic E-state index is -0.600. The summed E-state index contributed by atoms with van der Waals surface area (Å²) < 4.78 is 12.0. The van der Waals surface area contributed by atoms with E-state index in [9.17, 15) is 4.79 Å². The smallest absolute Gasteiger partial charge is 0.359 e. The Morgan fingerprint density at radius 2 is 1.79 bits per heavy atom. The molecule has 4 N–H and O–H groups in total. The van der Waals surface area contributed by atoms with Gasteiger partial charge in [0.25, 0.3) is 0 Å². The molecule has 0 saturated carbocycles. The fourth-order valence-electron chi connectivity index (χ4n) is 4.05. The van der Waals surface area contributed by atoms with Crippen LogP contribution in [0.15, 0.2) is 60.3 Å². The zero-order valence-corrected chi connectivity index (χ0v) is 22.9. The number of benzene rings is 2. The summed E-state index contributed by atoms with van der Waals surface area (Å²) in [5.74, 6) is 0.556. The summed E-state index contributed by atoms with van der Waals surface area (Å²) in [5, 5.41) is 0.764.